The third-order valence-corrected chi connectivity index (χ3v) is 6.78. The molecule has 0 radical (unpaired) electrons. The molecule has 1 N–H and O–H groups in total. The van der Waals surface area contributed by atoms with Crippen LogP contribution in [0.1, 0.15) is 43.6 Å². The third kappa shape index (κ3) is 4.44. The molecule has 180 valence electrons. The molecular formula is C27H33ClN4O2. The van der Waals surface area contributed by atoms with Gasteiger partial charge in [0, 0.05) is 44.9 Å². The van der Waals surface area contributed by atoms with Crippen LogP contribution in [0.5, 0.6) is 0 Å². The van der Waals surface area contributed by atoms with Gasteiger partial charge in [-0.2, -0.15) is 0 Å². The van der Waals surface area contributed by atoms with Gasteiger partial charge in [0.1, 0.15) is 11.5 Å². The quantitative estimate of drug-likeness (QED) is 0.472. The second kappa shape index (κ2) is 10.2. The van der Waals surface area contributed by atoms with Crippen molar-refractivity contribution < 1.29 is 4.74 Å². The van der Waals surface area contributed by atoms with Crippen LogP contribution in [0.15, 0.2) is 47.3 Å². The maximum absolute atomic E-state index is 13.8. The van der Waals surface area contributed by atoms with Crippen molar-refractivity contribution in [2.75, 3.05) is 30.9 Å². The van der Waals surface area contributed by atoms with Crippen LogP contribution in [0.25, 0.3) is 11.4 Å². The molecule has 1 heterocycles. The molecule has 0 amide bonds. The largest absolute Gasteiger partial charge is 0.378 e. The number of benzene rings is 2. The minimum absolute atomic E-state index is 0.0331. The zero-order valence-electron chi connectivity index (χ0n) is 20.6. The van der Waals surface area contributed by atoms with Crippen LogP contribution in [-0.2, 0) is 24.1 Å². The number of ether oxygens (including phenoxy) is 1. The number of nitrogens with one attached hydrogen (secondary N) is 1. The summed E-state index contributed by atoms with van der Waals surface area (Å²) in [7, 11) is 3.94. The van der Waals surface area contributed by atoms with Crippen molar-refractivity contribution in [1.29, 1.82) is 0 Å². The second-order valence-corrected chi connectivity index (χ2v) is 9.14. The van der Waals surface area contributed by atoms with Crippen molar-refractivity contribution in [3.63, 3.8) is 0 Å². The number of aromatic nitrogens is 2. The van der Waals surface area contributed by atoms with Gasteiger partial charge in [0.15, 0.2) is 0 Å². The summed E-state index contributed by atoms with van der Waals surface area (Å²) in [6.45, 7) is 7.09. The standard InChI is InChI=1S/C27H33ClN4O2/c1-6-22-25(30-24-19-12-10-9-11-17(19)15-23(24)34-8-3)27(33)32(7-2)26(29-22)20-14-13-18(31(4)5)16-21(20)28/h9-14,16,23-24,30H,6-8,15H2,1-5H3/t23-,24+/m0/s1. The van der Waals surface area contributed by atoms with Crippen LogP contribution in [0, 0.1) is 0 Å². The van der Waals surface area contributed by atoms with Crippen LogP contribution < -0.4 is 15.8 Å². The first kappa shape index (κ1) is 24.3. The molecule has 0 saturated heterocycles. The molecule has 1 aliphatic carbocycles. The van der Waals surface area contributed by atoms with E-state index in [1.54, 1.807) is 4.57 Å². The van der Waals surface area contributed by atoms with Gasteiger partial charge < -0.3 is 15.0 Å². The summed E-state index contributed by atoms with van der Waals surface area (Å²) in [6.07, 6.45) is 1.41. The van der Waals surface area contributed by atoms with Crippen LogP contribution >= 0.6 is 11.6 Å². The Hall–Kier alpha value is -2.83. The van der Waals surface area contributed by atoms with Crippen LogP contribution in [-0.4, -0.2) is 36.4 Å². The van der Waals surface area contributed by atoms with Gasteiger partial charge >= 0.3 is 0 Å². The zero-order chi connectivity index (χ0) is 24.4. The minimum atomic E-state index is -0.102. The van der Waals surface area contributed by atoms with E-state index in [-0.39, 0.29) is 17.7 Å². The fraction of sp³-hybridized carbons (Fsp3) is 0.407. The van der Waals surface area contributed by atoms with Gasteiger partial charge in [0.25, 0.3) is 5.56 Å². The van der Waals surface area contributed by atoms with Gasteiger partial charge in [-0.25, -0.2) is 4.98 Å². The molecule has 0 unspecified atom stereocenters. The summed E-state index contributed by atoms with van der Waals surface area (Å²) in [4.78, 5) is 20.7. The smallest absolute Gasteiger partial charge is 0.277 e. The fourth-order valence-electron chi connectivity index (χ4n) is 4.72. The Kier molecular flexibility index (Phi) is 7.29. The second-order valence-electron chi connectivity index (χ2n) is 8.74. The molecule has 7 heteroatoms. The monoisotopic (exact) mass is 480 g/mol. The Labute approximate surface area is 206 Å². The van der Waals surface area contributed by atoms with Crippen molar-refractivity contribution in [3.8, 4) is 11.4 Å². The molecule has 1 aliphatic rings. The Balaban J connectivity index is 1.81. The number of anilines is 2. The van der Waals surface area contributed by atoms with Crippen LogP contribution in [0.3, 0.4) is 0 Å². The maximum atomic E-state index is 13.8. The summed E-state index contributed by atoms with van der Waals surface area (Å²) >= 11 is 6.66. The average Bonchev–Trinajstić information content (AvgIpc) is 3.17. The van der Waals surface area contributed by atoms with E-state index < -0.39 is 0 Å². The molecule has 1 aromatic heterocycles. The highest BCUT2D eigenvalue weighted by Crippen LogP contribution is 2.36. The van der Waals surface area contributed by atoms with Crippen molar-refractivity contribution >= 4 is 23.0 Å². The number of hydrogen-bond acceptors (Lipinski definition) is 5. The van der Waals surface area contributed by atoms with Gasteiger partial charge in [0.05, 0.1) is 22.9 Å². The highest BCUT2D eigenvalue weighted by molar-refractivity contribution is 6.33. The summed E-state index contributed by atoms with van der Waals surface area (Å²) in [6, 6.07) is 14.1. The molecule has 6 nitrogen and oxygen atoms in total. The van der Waals surface area contributed by atoms with Crippen molar-refractivity contribution in [2.45, 2.75) is 52.3 Å². The van der Waals surface area contributed by atoms with E-state index in [4.69, 9.17) is 21.3 Å². The Morgan fingerprint density at radius 1 is 1.18 bits per heavy atom. The van der Waals surface area contributed by atoms with Crippen molar-refractivity contribution in [3.05, 3.63) is 74.7 Å². The molecule has 4 rings (SSSR count). The lowest BCUT2D eigenvalue weighted by molar-refractivity contribution is 0.0574. The van der Waals surface area contributed by atoms with E-state index in [0.29, 0.717) is 36.1 Å². The number of halogens is 1. The molecule has 2 aromatic carbocycles. The predicted molar refractivity (Wildman–Crippen MR) is 140 cm³/mol. The van der Waals surface area contributed by atoms with Gasteiger partial charge in [-0.1, -0.05) is 42.8 Å². The summed E-state index contributed by atoms with van der Waals surface area (Å²) in [5.41, 5.74) is 5.37. The van der Waals surface area contributed by atoms with Crippen LogP contribution in [0.2, 0.25) is 5.02 Å². The first-order valence-electron chi connectivity index (χ1n) is 12.0. The van der Waals surface area contributed by atoms with E-state index in [9.17, 15) is 4.79 Å². The predicted octanol–water partition coefficient (Wildman–Crippen LogP) is 5.33. The fourth-order valence-corrected chi connectivity index (χ4v) is 4.98. The number of hydrogen-bond donors (Lipinski definition) is 1. The molecule has 3 aromatic rings. The molecular weight excluding hydrogens is 448 g/mol. The highest BCUT2D eigenvalue weighted by atomic mass is 35.5. The van der Waals surface area contributed by atoms with Gasteiger partial charge in [0.2, 0.25) is 0 Å². The average molecular weight is 481 g/mol. The third-order valence-electron chi connectivity index (χ3n) is 6.47. The summed E-state index contributed by atoms with van der Waals surface area (Å²) < 4.78 is 7.77. The molecule has 0 spiro atoms. The normalized spacial score (nSPS) is 17.0. The number of rotatable bonds is 8. The number of fused-ring (bicyclic) bond motifs is 1. The number of nitrogens with zero attached hydrogens (tertiary/aromatic N) is 3. The van der Waals surface area contributed by atoms with Crippen LogP contribution in [0.4, 0.5) is 11.4 Å². The summed E-state index contributed by atoms with van der Waals surface area (Å²) in [5, 5.41) is 4.12. The lowest BCUT2D eigenvalue weighted by Crippen LogP contribution is -2.32. The Morgan fingerprint density at radius 3 is 2.59 bits per heavy atom. The maximum Gasteiger partial charge on any atom is 0.277 e. The van der Waals surface area contributed by atoms with E-state index in [0.717, 1.165) is 23.4 Å². The van der Waals surface area contributed by atoms with Gasteiger partial charge in [-0.15, -0.1) is 0 Å². The van der Waals surface area contributed by atoms with E-state index in [1.807, 2.05) is 70.1 Å². The van der Waals surface area contributed by atoms with Crippen molar-refractivity contribution in [1.82, 2.24) is 9.55 Å². The SMILES string of the molecule is CCO[C@H]1Cc2ccccc2[C@H]1Nc1c(CC)nc(-c2ccc(N(C)C)cc2Cl)n(CC)c1=O. The topological polar surface area (TPSA) is 59.4 Å². The molecule has 0 fully saturated rings. The van der Waals surface area contributed by atoms with Gasteiger partial charge in [-0.3, -0.25) is 9.36 Å². The minimum Gasteiger partial charge on any atom is -0.378 e. The van der Waals surface area contributed by atoms with Crippen molar-refractivity contribution in [2.24, 2.45) is 0 Å². The summed E-state index contributed by atoms with van der Waals surface area (Å²) in [5.74, 6) is 0.596. The lowest BCUT2D eigenvalue weighted by atomic mass is 10.1. The highest BCUT2D eigenvalue weighted by Gasteiger charge is 2.34. The van der Waals surface area contributed by atoms with E-state index >= 15 is 0 Å². The molecule has 0 aliphatic heterocycles. The zero-order valence-corrected chi connectivity index (χ0v) is 21.3. The molecule has 0 saturated carbocycles. The lowest BCUT2D eigenvalue weighted by Gasteiger charge is -2.25. The Morgan fingerprint density at radius 2 is 1.94 bits per heavy atom. The van der Waals surface area contributed by atoms with Gasteiger partial charge in [-0.05, 0) is 49.6 Å². The Bertz CT molecular complexity index is 1240. The molecule has 34 heavy (non-hydrogen) atoms. The first-order chi connectivity index (χ1) is 16.4. The first-order valence-corrected chi connectivity index (χ1v) is 12.3. The number of aryl methyl sites for hydroxylation is 1. The molecule has 2 atom stereocenters. The molecule has 0 bridgehead atoms. The van der Waals surface area contributed by atoms with E-state index in [2.05, 4.69) is 17.4 Å². The van der Waals surface area contributed by atoms with E-state index in [1.165, 1.54) is 11.1 Å².